The number of nitrogens with one attached hydrogen (secondary N) is 1. The van der Waals surface area contributed by atoms with Crippen LogP contribution >= 0.6 is 0 Å². The fourth-order valence-electron chi connectivity index (χ4n) is 4.82. The smallest absolute Gasteiger partial charge is 0.256 e. The lowest BCUT2D eigenvalue weighted by atomic mass is 9.94. The molecule has 1 aromatic heterocycles. The number of amides is 1. The normalized spacial score (nSPS) is 18.6. The second-order valence-electron chi connectivity index (χ2n) is 8.36. The number of fused-ring (bicyclic) bond motifs is 2. The van der Waals surface area contributed by atoms with Crippen LogP contribution in [0.1, 0.15) is 58.9 Å². The van der Waals surface area contributed by atoms with E-state index in [1.165, 1.54) is 25.0 Å². The number of carbonyl (C=O) groups is 2. The minimum Gasteiger partial charge on any atom is -0.464 e. The van der Waals surface area contributed by atoms with Gasteiger partial charge in [0.15, 0.2) is 5.78 Å². The third kappa shape index (κ3) is 3.70. The molecule has 1 atom stereocenters. The molecular formula is C26H26N2O3. The Balaban J connectivity index is 1.43. The first-order chi connectivity index (χ1) is 15.1. The largest absolute Gasteiger partial charge is 0.464 e. The number of ketones is 1. The first kappa shape index (κ1) is 19.8. The fourth-order valence-corrected chi connectivity index (χ4v) is 4.82. The number of hydrogen-bond donors (Lipinski definition) is 1. The Kier molecular flexibility index (Phi) is 5.20. The van der Waals surface area contributed by atoms with Crippen molar-refractivity contribution in [3.63, 3.8) is 0 Å². The molecule has 0 aliphatic carbocycles. The molecule has 3 heterocycles. The summed E-state index contributed by atoms with van der Waals surface area (Å²) < 4.78 is 5.81. The van der Waals surface area contributed by atoms with Gasteiger partial charge in [0.1, 0.15) is 5.58 Å². The molecule has 1 amide bonds. The number of carbonyl (C=O) groups excluding carboxylic acids is 2. The first-order valence-electron chi connectivity index (χ1n) is 11.0. The summed E-state index contributed by atoms with van der Waals surface area (Å²) in [5, 5.41) is 3.97. The van der Waals surface area contributed by atoms with Gasteiger partial charge in [0.25, 0.3) is 5.91 Å². The maximum absolute atomic E-state index is 12.9. The van der Waals surface area contributed by atoms with Crippen molar-refractivity contribution in [2.45, 2.75) is 38.6 Å². The number of rotatable bonds is 5. The van der Waals surface area contributed by atoms with Gasteiger partial charge in [-0.25, -0.2) is 0 Å². The number of benzene rings is 2. The molecule has 1 unspecified atom stereocenters. The first-order valence-corrected chi connectivity index (χ1v) is 11.0. The summed E-state index contributed by atoms with van der Waals surface area (Å²) in [4.78, 5) is 27.7. The highest BCUT2D eigenvalue weighted by Gasteiger charge is 2.29. The van der Waals surface area contributed by atoms with Crippen LogP contribution in [0.2, 0.25) is 0 Å². The molecule has 2 aliphatic rings. The van der Waals surface area contributed by atoms with Gasteiger partial charge in [-0.2, -0.15) is 0 Å². The van der Waals surface area contributed by atoms with Gasteiger partial charge in [0.2, 0.25) is 0 Å². The predicted octanol–water partition coefficient (Wildman–Crippen LogP) is 5.53. The Morgan fingerprint density at radius 3 is 2.84 bits per heavy atom. The SMILES string of the molecule is CCC(=O)c1ccccc1C(=O)Nc1ccc2occ(C3=CCN4CCCC4C3)c2c1. The highest BCUT2D eigenvalue weighted by Crippen LogP contribution is 2.36. The third-order valence-corrected chi connectivity index (χ3v) is 6.50. The van der Waals surface area contributed by atoms with E-state index < -0.39 is 0 Å². The van der Waals surface area contributed by atoms with Crippen molar-refractivity contribution in [2.24, 2.45) is 0 Å². The topological polar surface area (TPSA) is 62.6 Å². The van der Waals surface area contributed by atoms with Crippen LogP contribution < -0.4 is 5.32 Å². The monoisotopic (exact) mass is 414 g/mol. The van der Waals surface area contributed by atoms with E-state index in [9.17, 15) is 9.59 Å². The highest BCUT2D eigenvalue weighted by molar-refractivity contribution is 6.13. The van der Waals surface area contributed by atoms with E-state index in [1.807, 2.05) is 24.5 Å². The number of nitrogens with zero attached hydrogens (tertiary/aromatic N) is 1. The minimum absolute atomic E-state index is 0.0384. The fraction of sp³-hybridized carbons (Fsp3) is 0.308. The van der Waals surface area contributed by atoms with E-state index in [1.54, 1.807) is 31.2 Å². The zero-order chi connectivity index (χ0) is 21.4. The maximum Gasteiger partial charge on any atom is 0.256 e. The summed E-state index contributed by atoms with van der Waals surface area (Å²) in [6.07, 6.45) is 8.08. The van der Waals surface area contributed by atoms with Gasteiger partial charge in [-0.05, 0) is 55.6 Å². The van der Waals surface area contributed by atoms with Crippen LogP contribution in [0.4, 0.5) is 5.69 Å². The van der Waals surface area contributed by atoms with E-state index >= 15 is 0 Å². The number of Topliss-reactive ketones (excluding diaryl/α,β-unsaturated/α-hetero) is 1. The zero-order valence-corrected chi connectivity index (χ0v) is 17.7. The van der Waals surface area contributed by atoms with Crippen LogP contribution in [0.25, 0.3) is 16.5 Å². The molecule has 0 radical (unpaired) electrons. The Labute approximate surface area is 181 Å². The number of anilines is 1. The van der Waals surface area contributed by atoms with Crippen LogP contribution in [-0.2, 0) is 0 Å². The Bertz CT molecular complexity index is 1190. The molecule has 1 saturated heterocycles. The van der Waals surface area contributed by atoms with Crippen molar-refractivity contribution < 1.29 is 14.0 Å². The van der Waals surface area contributed by atoms with E-state index in [-0.39, 0.29) is 11.7 Å². The third-order valence-electron chi connectivity index (χ3n) is 6.50. The molecule has 31 heavy (non-hydrogen) atoms. The van der Waals surface area contributed by atoms with Crippen LogP contribution in [-0.4, -0.2) is 35.7 Å². The highest BCUT2D eigenvalue weighted by atomic mass is 16.3. The van der Waals surface area contributed by atoms with Gasteiger partial charge < -0.3 is 9.73 Å². The molecule has 0 spiro atoms. The minimum atomic E-state index is -0.278. The Hall–Kier alpha value is -3.18. The predicted molar refractivity (Wildman–Crippen MR) is 122 cm³/mol. The summed E-state index contributed by atoms with van der Waals surface area (Å²) >= 11 is 0. The van der Waals surface area contributed by atoms with Crippen molar-refractivity contribution in [3.05, 3.63) is 71.5 Å². The summed E-state index contributed by atoms with van der Waals surface area (Å²) in [7, 11) is 0. The second-order valence-corrected chi connectivity index (χ2v) is 8.36. The Morgan fingerprint density at radius 1 is 1.16 bits per heavy atom. The van der Waals surface area contributed by atoms with E-state index in [4.69, 9.17) is 4.42 Å². The molecule has 2 aromatic carbocycles. The molecule has 3 aromatic rings. The van der Waals surface area contributed by atoms with Crippen LogP contribution in [0.3, 0.4) is 0 Å². The van der Waals surface area contributed by atoms with E-state index in [0.29, 0.717) is 29.3 Å². The zero-order valence-electron chi connectivity index (χ0n) is 17.7. The number of hydrogen-bond acceptors (Lipinski definition) is 4. The maximum atomic E-state index is 12.9. The molecule has 2 aliphatic heterocycles. The molecule has 1 fully saturated rings. The van der Waals surface area contributed by atoms with Crippen molar-refractivity contribution >= 4 is 33.9 Å². The van der Waals surface area contributed by atoms with E-state index in [2.05, 4.69) is 16.3 Å². The lowest BCUT2D eigenvalue weighted by Crippen LogP contribution is -2.32. The van der Waals surface area contributed by atoms with Gasteiger partial charge in [0, 0.05) is 41.2 Å². The van der Waals surface area contributed by atoms with E-state index in [0.717, 1.165) is 29.5 Å². The van der Waals surface area contributed by atoms with Crippen molar-refractivity contribution in [2.75, 3.05) is 18.4 Å². The lowest BCUT2D eigenvalue weighted by molar-refractivity contribution is 0.0968. The van der Waals surface area contributed by atoms with Gasteiger partial charge in [0.05, 0.1) is 11.8 Å². The molecule has 1 N–H and O–H groups in total. The Morgan fingerprint density at radius 2 is 2.00 bits per heavy atom. The molecule has 0 bridgehead atoms. The summed E-state index contributed by atoms with van der Waals surface area (Å²) in [5.74, 6) is -0.316. The molecular weight excluding hydrogens is 388 g/mol. The second kappa shape index (κ2) is 8.16. The standard InChI is InChI=1S/C26H26N2O3/c1-2-24(29)20-7-3-4-8-21(20)26(30)27-18-9-10-25-22(15-18)23(16-31-25)17-11-13-28-12-5-6-19(28)14-17/h3-4,7-11,15-16,19H,2,5-6,12-14H2,1H3,(H,27,30). The average molecular weight is 415 g/mol. The average Bonchev–Trinajstić information content (AvgIpc) is 3.44. The van der Waals surface area contributed by atoms with Crippen LogP contribution in [0, 0.1) is 0 Å². The van der Waals surface area contributed by atoms with Crippen LogP contribution in [0.5, 0.6) is 0 Å². The summed E-state index contributed by atoms with van der Waals surface area (Å²) in [6.45, 7) is 3.99. The van der Waals surface area contributed by atoms with Gasteiger partial charge in [-0.15, -0.1) is 0 Å². The summed E-state index contributed by atoms with van der Waals surface area (Å²) in [5.41, 5.74) is 4.80. The lowest BCUT2D eigenvalue weighted by Gasteiger charge is -2.28. The molecule has 5 nitrogen and oxygen atoms in total. The quantitative estimate of drug-likeness (QED) is 0.558. The van der Waals surface area contributed by atoms with Gasteiger partial charge in [-0.3, -0.25) is 14.5 Å². The molecule has 0 saturated carbocycles. The van der Waals surface area contributed by atoms with Crippen molar-refractivity contribution in [1.82, 2.24) is 4.90 Å². The van der Waals surface area contributed by atoms with Crippen molar-refractivity contribution in [3.8, 4) is 0 Å². The van der Waals surface area contributed by atoms with Gasteiger partial charge in [-0.1, -0.05) is 31.2 Å². The summed E-state index contributed by atoms with van der Waals surface area (Å²) in [6, 6.07) is 13.3. The molecule has 5 heteroatoms. The number of furan rings is 1. The molecule has 158 valence electrons. The van der Waals surface area contributed by atoms with Gasteiger partial charge >= 0.3 is 0 Å². The van der Waals surface area contributed by atoms with Crippen LogP contribution in [0.15, 0.2) is 59.2 Å². The molecule has 5 rings (SSSR count). The van der Waals surface area contributed by atoms with Crippen molar-refractivity contribution in [1.29, 1.82) is 0 Å².